The summed E-state index contributed by atoms with van der Waals surface area (Å²) in [5.74, 6) is 0.731. The first-order chi connectivity index (χ1) is 9.69. The second-order valence-corrected chi connectivity index (χ2v) is 5.70. The van der Waals surface area contributed by atoms with Gasteiger partial charge in [0.25, 0.3) is 0 Å². The number of ether oxygens (including phenoxy) is 1. The lowest BCUT2D eigenvalue weighted by Crippen LogP contribution is -2.24. The van der Waals surface area contributed by atoms with Crippen LogP contribution in [0.4, 0.5) is 5.69 Å². The molecule has 104 valence electrons. The van der Waals surface area contributed by atoms with Gasteiger partial charge in [0.1, 0.15) is 5.75 Å². The zero-order valence-corrected chi connectivity index (χ0v) is 12.8. The number of thiophene rings is 1. The largest absolute Gasteiger partial charge is 0.495 e. The maximum Gasteiger partial charge on any atom is 0.191 e. The molecule has 0 aliphatic rings. The van der Waals surface area contributed by atoms with E-state index in [0.29, 0.717) is 5.11 Å². The summed E-state index contributed by atoms with van der Waals surface area (Å²) in [5.41, 5.74) is 3.58. The molecule has 0 amide bonds. The number of anilines is 1. The smallest absolute Gasteiger partial charge is 0.191 e. The van der Waals surface area contributed by atoms with Gasteiger partial charge in [-0.25, -0.2) is 0 Å². The molecule has 2 rings (SSSR count). The summed E-state index contributed by atoms with van der Waals surface area (Å²) in [6, 6.07) is 11.6. The zero-order chi connectivity index (χ0) is 14.4. The predicted molar refractivity (Wildman–Crippen MR) is 89.0 cm³/mol. The van der Waals surface area contributed by atoms with E-state index in [4.69, 9.17) is 17.0 Å². The van der Waals surface area contributed by atoms with Crippen molar-refractivity contribution in [1.29, 1.82) is 0 Å². The minimum atomic E-state index is 0.416. The minimum Gasteiger partial charge on any atom is -0.495 e. The molecule has 2 aromatic rings. The van der Waals surface area contributed by atoms with Crippen molar-refractivity contribution in [3.8, 4) is 5.75 Å². The fourth-order valence-corrected chi connectivity index (χ4v) is 2.49. The van der Waals surface area contributed by atoms with Crippen LogP contribution in [0.2, 0.25) is 0 Å². The maximum atomic E-state index is 5.24. The molecule has 4 nitrogen and oxygen atoms in total. The molecule has 1 heterocycles. The number of hydrogen-bond acceptors (Lipinski definition) is 4. The van der Waals surface area contributed by atoms with Crippen LogP contribution in [0.5, 0.6) is 5.75 Å². The second kappa shape index (κ2) is 7.02. The molecule has 0 aliphatic carbocycles. The number of rotatable bonds is 4. The summed E-state index contributed by atoms with van der Waals surface area (Å²) in [6.07, 6.45) is 1.74. The van der Waals surface area contributed by atoms with Crippen molar-refractivity contribution in [2.24, 2.45) is 5.10 Å². The van der Waals surface area contributed by atoms with Gasteiger partial charge in [0.05, 0.1) is 19.0 Å². The van der Waals surface area contributed by atoms with Gasteiger partial charge in [-0.15, -0.1) is 11.3 Å². The highest BCUT2D eigenvalue weighted by Gasteiger charge is 2.02. The summed E-state index contributed by atoms with van der Waals surface area (Å²) in [4.78, 5) is 2.33. The van der Waals surface area contributed by atoms with Crippen molar-refractivity contribution in [2.45, 2.75) is 6.92 Å². The van der Waals surface area contributed by atoms with Gasteiger partial charge in [-0.05, 0) is 43.4 Å². The van der Waals surface area contributed by atoms with Crippen LogP contribution in [0, 0.1) is 6.92 Å². The van der Waals surface area contributed by atoms with Crippen molar-refractivity contribution < 1.29 is 4.74 Å². The number of benzene rings is 1. The molecule has 0 bridgehead atoms. The Morgan fingerprint density at radius 2 is 2.10 bits per heavy atom. The van der Waals surface area contributed by atoms with E-state index in [1.165, 1.54) is 4.88 Å². The summed E-state index contributed by atoms with van der Waals surface area (Å²) in [5, 5.41) is 7.55. The number of methoxy groups -OCH3 is 1. The van der Waals surface area contributed by atoms with Crippen LogP contribution in [0.25, 0.3) is 0 Å². The van der Waals surface area contributed by atoms with Crippen molar-refractivity contribution in [3.63, 3.8) is 0 Å². The molecule has 1 aromatic carbocycles. The SMILES string of the molecule is COc1ccccc1NC(=S)N/N=C\c1ccc(C)s1. The lowest BCUT2D eigenvalue weighted by atomic mass is 10.3. The van der Waals surface area contributed by atoms with Crippen LogP contribution in [-0.2, 0) is 0 Å². The molecule has 0 saturated heterocycles. The van der Waals surface area contributed by atoms with Gasteiger partial charge >= 0.3 is 0 Å². The van der Waals surface area contributed by atoms with Gasteiger partial charge in [-0.2, -0.15) is 5.10 Å². The minimum absolute atomic E-state index is 0.416. The molecular weight excluding hydrogens is 290 g/mol. The van der Waals surface area contributed by atoms with Gasteiger partial charge in [-0.1, -0.05) is 12.1 Å². The quantitative estimate of drug-likeness (QED) is 0.516. The van der Waals surface area contributed by atoms with Gasteiger partial charge in [-0.3, -0.25) is 5.43 Å². The second-order valence-electron chi connectivity index (χ2n) is 3.97. The third-order valence-electron chi connectivity index (χ3n) is 2.47. The average Bonchev–Trinajstić information content (AvgIpc) is 2.85. The average molecular weight is 305 g/mol. The lowest BCUT2D eigenvalue weighted by molar-refractivity contribution is 0.417. The maximum absolute atomic E-state index is 5.24. The number of hydrogen-bond donors (Lipinski definition) is 2. The molecule has 2 N–H and O–H groups in total. The van der Waals surface area contributed by atoms with E-state index >= 15 is 0 Å². The highest BCUT2D eigenvalue weighted by molar-refractivity contribution is 7.80. The van der Waals surface area contributed by atoms with E-state index in [2.05, 4.69) is 28.8 Å². The number of para-hydroxylation sites is 2. The van der Waals surface area contributed by atoms with Crippen LogP contribution in [0.15, 0.2) is 41.5 Å². The first-order valence-corrected chi connectivity index (χ1v) is 7.21. The van der Waals surface area contributed by atoms with E-state index in [-0.39, 0.29) is 0 Å². The summed E-state index contributed by atoms with van der Waals surface area (Å²) < 4.78 is 5.24. The number of nitrogens with zero attached hydrogens (tertiary/aromatic N) is 1. The Bertz CT molecular complexity index is 622. The van der Waals surface area contributed by atoms with E-state index in [0.717, 1.165) is 16.3 Å². The Balaban J connectivity index is 1.91. The Kier molecular flexibility index (Phi) is 5.09. The molecule has 0 aliphatic heterocycles. The zero-order valence-electron chi connectivity index (χ0n) is 11.2. The standard InChI is InChI=1S/C14H15N3OS2/c1-10-7-8-11(20-10)9-15-17-14(19)16-12-5-3-4-6-13(12)18-2/h3-9H,1-2H3,(H2,16,17,19)/b15-9-. The van der Waals surface area contributed by atoms with Crippen LogP contribution in [0.1, 0.15) is 9.75 Å². The molecule has 0 fully saturated rings. The Hall–Kier alpha value is -1.92. The third kappa shape index (κ3) is 4.04. The number of nitrogens with one attached hydrogen (secondary N) is 2. The lowest BCUT2D eigenvalue weighted by Gasteiger charge is -2.10. The molecule has 0 saturated carbocycles. The van der Waals surface area contributed by atoms with Crippen molar-refractivity contribution >= 4 is 40.6 Å². The molecule has 0 atom stereocenters. The summed E-state index contributed by atoms with van der Waals surface area (Å²) in [6.45, 7) is 2.06. The Morgan fingerprint density at radius 3 is 2.80 bits per heavy atom. The van der Waals surface area contributed by atoms with Gasteiger partial charge in [0.15, 0.2) is 5.11 Å². The first-order valence-electron chi connectivity index (χ1n) is 5.98. The van der Waals surface area contributed by atoms with Crippen molar-refractivity contribution in [1.82, 2.24) is 5.43 Å². The Morgan fingerprint density at radius 1 is 1.30 bits per heavy atom. The molecule has 0 spiro atoms. The highest BCUT2D eigenvalue weighted by atomic mass is 32.1. The van der Waals surface area contributed by atoms with E-state index in [9.17, 15) is 0 Å². The normalized spacial score (nSPS) is 10.5. The van der Waals surface area contributed by atoms with E-state index in [1.54, 1.807) is 24.7 Å². The van der Waals surface area contributed by atoms with Crippen LogP contribution in [0.3, 0.4) is 0 Å². The highest BCUT2D eigenvalue weighted by Crippen LogP contribution is 2.22. The van der Waals surface area contributed by atoms with Crippen LogP contribution >= 0.6 is 23.6 Å². The first kappa shape index (κ1) is 14.5. The fraction of sp³-hybridized carbons (Fsp3) is 0.143. The fourth-order valence-electron chi connectivity index (χ4n) is 1.58. The van der Waals surface area contributed by atoms with Gasteiger partial charge in [0.2, 0.25) is 0 Å². The van der Waals surface area contributed by atoms with Crippen LogP contribution in [-0.4, -0.2) is 18.4 Å². The van der Waals surface area contributed by atoms with Gasteiger partial charge < -0.3 is 10.1 Å². The monoisotopic (exact) mass is 305 g/mol. The number of hydrazone groups is 1. The summed E-state index contributed by atoms with van der Waals surface area (Å²) >= 11 is 6.85. The molecule has 1 aromatic heterocycles. The van der Waals surface area contributed by atoms with Crippen molar-refractivity contribution in [3.05, 3.63) is 46.2 Å². The van der Waals surface area contributed by atoms with Crippen molar-refractivity contribution in [2.75, 3.05) is 12.4 Å². The molecule has 6 heteroatoms. The summed E-state index contributed by atoms with van der Waals surface area (Å²) in [7, 11) is 1.62. The molecule has 0 unspecified atom stereocenters. The third-order valence-corrected chi connectivity index (χ3v) is 3.60. The van der Waals surface area contributed by atoms with E-state index < -0.39 is 0 Å². The number of thiocarbonyl (C=S) groups is 1. The Labute approximate surface area is 127 Å². The van der Waals surface area contributed by atoms with Crippen LogP contribution < -0.4 is 15.5 Å². The number of aryl methyl sites for hydroxylation is 1. The molecular formula is C14H15N3OS2. The van der Waals surface area contributed by atoms with E-state index in [1.807, 2.05) is 30.3 Å². The topological polar surface area (TPSA) is 45.6 Å². The molecule has 20 heavy (non-hydrogen) atoms. The van der Waals surface area contributed by atoms with Gasteiger partial charge in [0, 0.05) is 9.75 Å². The molecule has 0 radical (unpaired) electrons. The predicted octanol–water partition coefficient (Wildman–Crippen LogP) is 3.39.